The lowest BCUT2D eigenvalue weighted by Crippen LogP contribution is -2.69. The fourth-order valence-corrected chi connectivity index (χ4v) is 5.21. The second kappa shape index (κ2) is 6.89. The Bertz CT molecular complexity index is 980. The van der Waals surface area contributed by atoms with Crippen LogP contribution in [0.3, 0.4) is 0 Å². The minimum atomic E-state index is -0.596. The summed E-state index contributed by atoms with van der Waals surface area (Å²) in [6.07, 6.45) is 4.24. The van der Waals surface area contributed by atoms with Crippen LogP contribution in [0.5, 0.6) is 11.6 Å². The van der Waals surface area contributed by atoms with Gasteiger partial charge in [0.2, 0.25) is 11.8 Å². The van der Waals surface area contributed by atoms with E-state index in [-0.39, 0.29) is 28.6 Å². The monoisotopic (exact) mass is 415 g/mol. The highest BCUT2D eigenvalue weighted by Crippen LogP contribution is 2.73. The third kappa shape index (κ3) is 3.28. The average molecular weight is 415 g/mol. The SMILES string of the molecule is Cc1cc(OCC23CC(C(=O)N4CC[C@@H](Oc5cc(F)ccc5F)C4)(C2)C3)ncn1. The Balaban J connectivity index is 1.13. The van der Waals surface area contributed by atoms with E-state index in [9.17, 15) is 13.6 Å². The number of benzene rings is 1. The highest BCUT2D eigenvalue weighted by molar-refractivity contribution is 5.86. The minimum absolute atomic E-state index is 0.0643. The van der Waals surface area contributed by atoms with E-state index in [4.69, 9.17) is 9.47 Å². The number of ether oxygens (including phenoxy) is 2. The predicted molar refractivity (Wildman–Crippen MR) is 103 cm³/mol. The molecule has 158 valence electrons. The standard InChI is InChI=1S/C22H23F2N3O3/c1-14-6-19(26-13-25-14)29-12-21-9-22(10-21,11-21)20(28)27-5-4-16(8-27)30-18-7-15(23)2-3-17(18)24/h2-3,6-7,13,16H,4-5,8-12H2,1H3/t16-,21?,22?/m1/s1. The van der Waals surface area contributed by atoms with Gasteiger partial charge in [-0.15, -0.1) is 0 Å². The predicted octanol–water partition coefficient (Wildman–Crippen LogP) is 3.29. The number of rotatable bonds is 6. The molecule has 30 heavy (non-hydrogen) atoms. The van der Waals surface area contributed by atoms with Gasteiger partial charge < -0.3 is 14.4 Å². The molecule has 4 aliphatic rings. The molecule has 1 amide bonds. The second-order valence-corrected chi connectivity index (χ2v) is 8.95. The molecule has 1 aliphatic heterocycles. The first-order valence-corrected chi connectivity index (χ1v) is 10.2. The van der Waals surface area contributed by atoms with Gasteiger partial charge in [-0.1, -0.05) is 0 Å². The lowest BCUT2D eigenvalue weighted by atomic mass is 9.35. The highest BCUT2D eigenvalue weighted by Gasteiger charge is 2.72. The number of likely N-dealkylation sites (tertiary alicyclic amines) is 1. The van der Waals surface area contributed by atoms with Crippen LogP contribution in [0.15, 0.2) is 30.6 Å². The molecule has 0 unspecified atom stereocenters. The Morgan fingerprint density at radius 1 is 1.23 bits per heavy atom. The first-order valence-electron chi connectivity index (χ1n) is 10.2. The van der Waals surface area contributed by atoms with Crippen LogP contribution >= 0.6 is 0 Å². The topological polar surface area (TPSA) is 64.5 Å². The Kier molecular flexibility index (Phi) is 4.41. The maximum atomic E-state index is 13.8. The largest absolute Gasteiger partial charge is 0.485 e. The lowest BCUT2D eigenvalue weighted by Gasteiger charge is -2.69. The molecule has 1 aromatic carbocycles. The maximum Gasteiger partial charge on any atom is 0.228 e. The van der Waals surface area contributed by atoms with E-state index in [2.05, 4.69) is 9.97 Å². The van der Waals surface area contributed by atoms with Crippen LogP contribution in [0.25, 0.3) is 0 Å². The summed E-state index contributed by atoms with van der Waals surface area (Å²) < 4.78 is 38.6. The van der Waals surface area contributed by atoms with E-state index in [1.807, 2.05) is 6.92 Å². The van der Waals surface area contributed by atoms with E-state index < -0.39 is 11.6 Å². The zero-order chi connectivity index (χ0) is 20.9. The first-order chi connectivity index (χ1) is 14.4. The number of hydrogen-bond acceptors (Lipinski definition) is 5. The van der Waals surface area contributed by atoms with E-state index in [1.54, 1.807) is 11.0 Å². The van der Waals surface area contributed by atoms with Gasteiger partial charge >= 0.3 is 0 Å². The summed E-state index contributed by atoms with van der Waals surface area (Å²) >= 11 is 0. The van der Waals surface area contributed by atoms with E-state index in [0.29, 0.717) is 32.0 Å². The molecule has 0 N–H and O–H groups in total. The fraction of sp³-hybridized carbons (Fsp3) is 0.500. The number of nitrogens with zero attached hydrogens (tertiary/aromatic N) is 3. The molecular weight excluding hydrogens is 392 g/mol. The van der Waals surface area contributed by atoms with E-state index >= 15 is 0 Å². The summed E-state index contributed by atoms with van der Waals surface area (Å²) in [6.45, 7) is 3.42. The second-order valence-electron chi connectivity index (χ2n) is 8.95. The first kappa shape index (κ1) is 19.2. The Morgan fingerprint density at radius 2 is 2.03 bits per heavy atom. The van der Waals surface area contributed by atoms with E-state index in [0.717, 1.165) is 43.2 Å². The summed E-state index contributed by atoms with van der Waals surface area (Å²) in [6, 6.07) is 4.96. The number of halogens is 2. The molecule has 6 nitrogen and oxygen atoms in total. The molecule has 1 atom stereocenters. The molecule has 2 bridgehead atoms. The zero-order valence-corrected chi connectivity index (χ0v) is 16.7. The van der Waals surface area contributed by atoms with Crippen molar-refractivity contribution in [2.45, 2.75) is 38.7 Å². The Hall–Kier alpha value is -2.77. The number of hydrogen-bond donors (Lipinski definition) is 0. The fourth-order valence-electron chi connectivity index (χ4n) is 5.21. The molecular formula is C22H23F2N3O3. The number of carbonyl (C=O) groups excluding carboxylic acids is 1. The van der Waals surface area contributed by atoms with Crippen LogP contribution in [0.2, 0.25) is 0 Å². The van der Waals surface area contributed by atoms with Crippen molar-refractivity contribution in [3.8, 4) is 11.6 Å². The van der Waals surface area contributed by atoms with Crippen molar-refractivity contribution in [3.63, 3.8) is 0 Å². The normalized spacial score (nSPS) is 29.2. The van der Waals surface area contributed by atoms with Crippen molar-refractivity contribution < 1.29 is 23.0 Å². The van der Waals surface area contributed by atoms with Gasteiger partial charge in [-0.05, 0) is 38.3 Å². The van der Waals surface area contributed by atoms with Gasteiger partial charge in [0.15, 0.2) is 11.6 Å². The molecule has 3 saturated carbocycles. The summed E-state index contributed by atoms with van der Waals surface area (Å²) in [5.41, 5.74) is 0.631. The minimum Gasteiger partial charge on any atom is -0.485 e. The zero-order valence-electron chi connectivity index (χ0n) is 16.7. The van der Waals surface area contributed by atoms with Crippen molar-refractivity contribution in [2.24, 2.45) is 10.8 Å². The van der Waals surface area contributed by atoms with Crippen LogP contribution in [-0.2, 0) is 4.79 Å². The molecule has 6 rings (SSSR count). The van der Waals surface area contributed by atoms with Crippen LogP contribution in [0.1, 0.15) is 31.4 Å². The van der Waals surface area contributed by atoms with Crippen molar-refractivity contribution in [1.29, 1.82) is 0 Å². The number of aromatic nitrogens is 2. The van der Waals surface area contributed by atoms with Crippen LogP contribution in [0.4, 0.5) is 8.78 Å². The average Bonchev–Trinajstić information content (AvgIpc) is 3.11. The molecule has 4 fully saturated rings. The van der Waals surface area contributed by atoms with Crippen molar-refractivity contribution >= 4 is 5.91 Å². The molecule has 2 heterocycles. The van der Waals surface area contributed by atoms with Gasteiger partial charge in [-0.25, -0.2) is 18.7 Å². The molecule has 0 spiro atoms. The van der Waals surface area contributed by atoms with Gasteiger partial charge in [-0.3, -0.25) is 4.79 Å². The molecule has 1 aromatic heterocycles. The highest BCUT2D eigenvalue weighted by atomic mass is 19.1. The molecule has 3 aliphatic carbocycles. The quantitative estimate of drug-likeness (QED) is 0.725. The van der Waals surface area contributed by atoms with Crippen LogP contribution in [0, 0.1) is 29.4 Å². The van der Waals surface area contributed by atoms with Gasteiger partial charge in [0.05, 0.1) is 18.6 Å². The summed E-state index contributed by atoms with van der Waals surface area (Å²) in [4.78, 5) is 23.0. The molecule has 8 heteroatoms. The smallest absolute Gasteiger partial charge is 0.228 e. The van der Waals surface area contributed by atoms with Crippen LogP contribution < -0.4 is 9.47 Å². The van der Waals surface area contributed by atoms with Gasteiger partial charge in [0, 0.05) is 36.2 Å². The Labute approximate surface area is 173 Å². The number of aryl methyl sites for hydroxylation is 1. The van der Waals surface area contributed by atoms with Crippen LogP contribution in [-0.4, -0.2) is 46.6 Å². The molecule has 0 radical (unpaired) electrons. The van der Waals surface area contributed by atoms with Gasteiger partial charge in [0.25, 0.3) is 0 Å². The maximum absolute atomic E-state index is 13.8. The third-order valence-corrected chi connectivity index (χ3v) is 6.52. The molecule has 2 aromatic rings. The Morgan fingerprint density at radius 3 is 2.80 bits per heavy atom. The van der Waals surface area contributed by atoms with Crippen molar-refractivity contribution in [2.75, 3.05) is 19.7 Å². The lowest BCUT2D eigenvalue weighted by molar-refractivity contribution is -0.225. The van der Waals surface area contributed by atoms with Crippen molar-refractivity contribution in [1.82, 2.24) is 14.9 Å². The third-order valence-electron chi connectivity index (χ3n) is 6.52. The van der Waals surface area contributed by atoms with Crippen molar-refractivity contribution in [3.05, 3.63) is 47.9 Å². The molecule has 1 saturated heterocycles. The summed E-state index contributed by atoms with van der Waals surface area (Å²) in [5.74, 6) is -0.530. The van der Waals surface area contributed by atoms with E-state index in [1.165, 1.54) is 6.33 Å². The number of amides is 1. The van der Waals surface area contributed by atoms with Gasteiger partial charge in [-0.2, -0.15) is 0 Å². The van der Waals surface area contributed by atoms with Gasteiger partial charge in [0.1, 0.15) is 18.2 Å². The summed E-state index contributed by atoms with van der Waals surface area (Å²) in [7, 11) is 0. The summed E-state index contributed by atoms with van der Waals surface area (Å²) in [5, 5.41) is 0. The number of carbonyl (C=O) groups is 1.